The first kappa shape index (κ1) is 20.5. The summed E-state index contributed by atoms with van der Waals surface area (Å²) in [6.45, 7) is 3.41. The first-order valence-corrected chi connectivity index (χ1v) is 10.7. The highest BCUT2D eigenvalue weighted by Gasteiger charge is 2.50. The van der Waals surface area contributed by atoms with Crippen molar-refractivity contribution in [3.8, 4) is 0 Å². The average molecular weight is 401 g/mol. The van der Waals surface area contributed by atoms with E-state index in [-0.39, 0.29) is 11.6 Å². The lowest BCUT2D eigenvalue weighted by molar-refractivity contribution is -0.931. The van der Waals surface area contributed by atoms with E-state index in [1.165, 1.54) is 25.0 Å². The van der Waals surface area contributed by atoms with E-state index in [0.29, 0.717) is 46.7 Å². The molecule has 0 aromatic heterocycles. The van der Waals surface area contributed by atoms with E-state index in [2.05, 4.69) is 14.1 Å². The molecule has 2 atom stereocenters. The maximum absolute atomic E-state index is 14.4. The van der Waals surface area contributed by atoms with Crippen LogP contribution < -0.4 is 0 Å². The molecule has 0 amide bonds. The molecule has 2 saturated heterocycles. The van der Waals surface area contributed by atoms with Gasteiger partial charge in [-0.25, -0.2) is 8.78 Å². The monoisotopic (exact) mass is 400 g/mol. The molecule has 4 rings (SSSR count). The number of quaternary nitrogens is 1. The minimum atomic E-state index is -1.41. The lowest BCUT2D eigenvalue weighted by Gasteiger charge is -2.46. The summed E-state index contributed by atoms with van der Waals surface area (Å²) < 4.78 is 29.9. The summed E-state index contributed by atoms with van der Waals surface area (Å²) in [6, 6.07) is 10.9. The molecule has 0 unspecified atom stereocenters. The molecule has 2 aromatic rings. The molecular formula is C25H32F2NO+. The smallest absolute Gasteiger partial charge is 0.126 e. The van der Waals surface area contributed by atoms with Crippen LogP contribution in [0.15, 0.2) is 36.4 Å². The second-order valence-corrected chi connectivity index (χ2v) is 9.74. The van der Waals surface area contributed by atoms with Crippen LogP contribution in [0.25, 0.3) is 0 Å². The molecule has 29 heavy (non-hydrogen) atoms. The number of nitrogens with zero attached hydrogens (tertiary/aromatic N) is 1. The summed E-state index contributed by atoms with van der Waals surface area (Å²) in [4.78, 5) is 0. The minimum absolute atomic E-state index is 0.328. The van der Waals surface area contributed by atoms with E-state index < -0.39 is 5.60 Å². The van der Waals surface area contributed by atoms with Gasteiger partial charge in [0.15, 0.2) is 0 Å². The van der Waals surface area contributed by atoms with E-state index in [0.717, 1.165) is 17.3 Å². The molecule has 0 saturated carbocycles. The zero-order valence-electron chi connectivity index (χ0n) is 17.9. The molecule has 0 radical (unpaired) electrons. The topological polar surface area (TPSA) is 20.2 Å². The number of hydrogen-bond donors (Lipinski definition) is 1. The van der Waals surface area contributed by atoms with Gasteiger partial charge in [-0.1, -0.05) is 24.3 Å². The van der Waals surface area contributed by atoms with Gasteiger partial charge in [0.1, 0.15) is 17.2 Å². The molecular weight excluding hydrogens is 368 g/mol. The van der Waals surface area contributed by atoms with Crippen LogP contribution in [0.3, 0.4) is 0 Å². The molecule has 2 fully saturated rings. The maximum Gasteiger partial charge on any atom is 0.126 e. The fourth-order valence-corrected chi connectivity index (χ4v) is 6.05. The summed E-state index contributed by atoms with van der Waals surface area (Å²) in [6.07, 6.45) is 5.05. The summed E-state index contributed by atoms with van der Waals surface area (Å²) in [7, 11) is 4.64. The third-order valence-corrected chi connectivity index (χ3v) is 7.94. The van der Waals surface area contributed by atoms with Crippen molar-refractivity contribution >= 4 is 0 Å². The fourth-order valence-electron chi connectivity index (χ4n) is 6.05. The Bertz CT molecular complexity index is 856. The van der Waals surface area contributed by atoms with Crippen molar-refractivity contribution in [3.05, 3.63) is 70.3 Å². The zero-order valence-corrected chi connectivity index (χ0v) is 17.9. The molecule has 2 aromatic carbocycles. The Hall–Kier alpha value is -1.78. The first-order valence-electron chi connectivity index (χ1n) is 10.7. The van der Waals surface area contributed by atoms with Crippen molar-refractivity contribution < 1.29 is 18.4 Å². The normalized spacial score (nSPS) is 26.0. The molecule has 0 spiro atoms. The van der Waals surface area contributed by atoms with Gasteiger partial charge in [0.2, 0.25) is 0 Å². The zero-order chi connectivity index (χ0) is 21.0. The number of benzene rings is 2. The lowest BCUT2D eigenvalue weighted by Crippen LogP contribution is -2.55. The number of piperidine rings is 1. The second kappa shape index (κ2) is 7.17. The minimum Gasteiger partial charge on any atom is -0.380 e. The molecule has 2 bridgehead atoms. The largest absolute Gasteiger partial charge is 0.380 e. The Morgan fingerprint density at radius 3 is 1.79 bits per heavy atom. The van der Waals surface area contributed by atoms with Crippen LogP contribution in [0.5, 0.6) is 0 Å². The summed E-state index contributed by atoms with van der Waals surface area (Å²) in [5.41, 5.74) is 0.578. The van der Waals surface area contributed by atoms with Crippen molar-refractivity contribution in [1.29, 1.82) is 0 Å². The summed E-state index contributed by atoms with van der Waals surface area (Å²) >= 11 is 0. The molecule has 2 aliphatic heterocycles. The van der Waals surface area contributed by atoms with Gasteiger partial charge < -0.3 is 9.59 Å². The SMILES string of the molecule is Cc1c(F)cccc1C(O)(CC1C[C@@H]2CC[C@@H](C1)[N+]2(C)C)c1cccc(F)c1C. The van der Waals surface area contributed by atoms with Crippen LogP contribution in [0.4, 0.5) is 8.78 Å². The highest BCUT2D eigenvalue weighted by molar-refractivity contribution is 5.44. The quantitative estimate of drug-likeness (QED) is 0.697. The highest BCUT2D eigenvalue weighted by atomic mass is 19.1. The van der Waals surface area contributed by atoms with Crippen LogP contribution in [0, 0.1) is 31.4 Å². The van der Waals surface area contributed by atoms with Crippen LogP contribution in [0.1, 0.15) is 54.4 Å². The Kier molecular flexibility index (Phi) is 5.07. The number of rotatable bonds is 4. The fraction of sp³-hybridized carbons (Fsp3) is 0.520. The molecule has 0 aliphatic carbocycles. The average Bonchev–Trinajstić information content (AvgIpc) is 2.83. The van der Waals surface area contributed by atoms with E-state index in [1.807, 2.05) is 0 Å². The van der Waals surface area contributed by atoms with Crippen molar-refractivity contribution in [1.82, 2.24) is 0 Å². The molecule has 2 nitrogen and oxygen atoms in total. The predicted molar refractivity (Wildman–Crippen MR) is 112 cm³/mol. The standard InChI is InChI=1S/C25H32F2NO/c1-16-21(7-5-9-23(16)26)25(29,22-8-6-10-24(27)17(22)2)15-18-13-19-11-12-20(14-18)28(19,3)4/h5-10,18-20,29H,11-15H2,1-4H3/q+1/t19-,20-/m0/s1. The number of halogens is 2. The van der Waals surface area contributed by atoms with E-state index in [4.69, 9.17) is 0 Å². The van der Waals surface area contributed by atoms with Crippen molar-refractivity contribution in [2.45, 2.75) is 63.6 Å². The van der Waals surface area contributed by atoms with Crippen molar-refractivity contribution in [3.63, 3.8) is 0 Å². The number of fused-ring (bicyclic) bond motifs is 2. The van der Waals surface area contributed by atoms with Gasteiger partial charge in [0.05, 0.1) is 26.2 Å². The van der Waals surface area contributed by atoms with Gasteiger partial charge >= 0.3 is 0 Å². The maximum atomic E-state index is 14.4. The molecule has 2 aliphatic rings. The molecule has 156 valence electrons. The van der Waals surface area contributed by atoms with Gasteiger partial charge in [-0.2, -0.15) is 0 Å². The number of aliphatic hydroxyl groups is 1. The van der Waals surface area contributed by atoms with Crippen molar-refractivity contribution in [2.75, 3.05) is 14.1 Å². The Balaban J connectivity index is 1.78. The Morgan fingerprint density at radius 1 is 0.897 bits per heavy atom. The van der Waals surface area contributed by atoms with Gasteiger partial charge in [-0.15, -0.1) is 0 Å². The third-order valence-electron chi connectivity index (χ3n) is 7.94. The van der Waals surface area contributed by atoms with Crippen LogP contribution in [0.2, 0.25) is 0 Å². The Morgan fingerprint density at radius 2 is 1.34 bits per heavy atom. The highest BCUT2D eigenvalue weighted by Crippen LogP contribution is 2.48. The predicted octanol–water partition coefficient (Wildman–Crippen LogP) is 5.23. The lowest BCUT2D eigenvalue weighted by atomic mass is 9.73. The van der Waals surface area contributed by atoms with E-state index >= 15 is 0 Å². The van der Waals surface area contributed by atoms with Crippen LogP contribution in [-0.4, -0.2) is 35.8 Å². The van der Waals surface area contributed by atoms with Crippen molar-refractivity contribution in [2.24, 2.45) is 5.92 Å². The molecule has 2 heterocycles. The summed E-state index contributed by atoms with van der Waals surface area (Å²) in [5, 5.41) is 12.1. The summed E-state index contributed by atoms with van der Waals surface area (Å²) in [5.74, 6) is -0.345. The van der Waals surface area contributed by atoms with Gasteiger partial charge in [-0.05, 0) is 60.6 Å². The van der Waals surface area contributed by atoms with Gasteiger partial charge in [0.25, 0.3) is 0 Å². The van der Waals surface area contributed by atoms with Gasteiger partial charge in [-0.3, -0.25) is 0 Å². The van der Waals surface area contributed by atoms with Gasteiger partial charge in [0, 0.05) is 25.7 Å². The van der Waals surface area contributed by atoms with Crippen LogP contribution >= 0.6 is 0 Å². The third kappa shape index (κ3) is 3.30. The van der Waals surface area contributed by atoms with E-state index in [1.54, 1.807) is 38.1 Å². The molecule has 1 N–H and O–H groups in total. The Labute approximate surface area is 172 Å². The first-order chi connectivity index (χ1) is 13.6. The van der Waals surface area contributed by atoms with E-state index in [9.17, 15) is 13.9 Å². The number of hydrogen-bond acceptors (Lipinski definition) is 1. The van der Waals surface area contributed by atoms with Crippen LogP contribution in [-0.2, 0) is 5.60 Å². The second-order valence-electron chi connectivity index (χ2n) is 9.74. The molecule has 4 heteroatoms.